The molecule has 0 unspecified atom stereocenters. The Morgan fingerprint density at radius 1 is 1.11 bits per heavy atom. The Labute approximate surface area is 110 Å². The van der Waals surface area contributed by atoms with Gasteiger partial charge in [0, 0.05) is 13.1 Å². The minimum absolute atomic E-state index is 0.144. The van der Waals surface area contributed by atoms with Crippen LogP contribution in [0.2, 0.25) is 0 Å². The monoisotopic (exact) mass is 253 g/mol. The molecule has 1 aliphatic heterocycles. The van der Waals surface area contributed by atoms with Crippen LogP contribution >= 0.6 is 0 Å². The van der Waals surface area contributed by atoms with Gasteiger partial charge >= 0.3 is 0 Å². The fourth-order valence-corrected chi connectivity index (χ4v) is 2.49. The molecular weight excluding hydrogens is 226 g/mol. The van der Waals surface area contributed by atoms with Crippen LogP contribution in [-0.2, 0) is 4.79 Å². The molecule has 2 N–H and O–H groups in total. The summed E-state index contributed by atoms with van der Waals surface area (Å²) in [7, 11) is 0. The number of rotatable bonds is 7. The second-order valence-electron chi connectivity index (χ2n) is 5.68. The summed E-state index contributed by atoms with van der Waals surface area (Å²) < 4.78 is 0. The fraction of sp³-hybridized carbons (Fsp3) is 0.929. The maximum absolute atomic E-state index is 11.6. The molecule has 0 spiro atoms. The molecule has 0 aromatic heterocycles. The Hall–Kier alpha value is -0.610. The Balaban J connectivity index is 1.46. The lowest BCUT2D eigenvalue weighted by atomic mass is 10.2. The number of hydrogen-bond donors (Lipinski definition) is 2. The third-order valence-electron chi connectivity index (χ3n) is 3.86. The van der Waals surface area contributed by atoms with Crippen molar-refractivity contribution in [2.75, 3.05) is 39.3 Å². The van der Waals surface area contributed by atoms with Crippen molar-refractivity contribution in [3.8, 4) is 0 Å². The zero-order valence-electron chi connectivity index (χ0n) is 11.4. The first-order valence-corrected chi connectivity index (χ1v) is 7.54. The lowest BCUT2D eigenvalue weighted by Crippen LogP contribution is -2.39. The highest BCUT2D eigenvalue weighted by Crippen LogP contribution is 2.27. The van der Waals surface area contributed by atoms with Gasteiger partial charge in [0.05, 0.1) is 6.54 Å². The van der Waals surface area contributed by atoms with E-state index in [2.05, 4.69) is 15.5 Å². The minimum atomic E-state index is 0.144. The summed E-state index contributed by atoms with van der Waals surface area (Å²) in [5.74, 6) is 0.986. The van der Waals surface area contributed by atoms with Crippen molar-refractivity contribution in [2.45, 2.75) is 38.5 Å². The molecular formula is C14H27N3O. The van der Waals surface area contributed by atoms with Crippen LogP contribution < -0.4 is 10.6 Å². The van der Waals surface area contributed by atoms with Gasteiger partial charge in [-0.1, -0.05) is 12.8 Å². The number of carbonyl (C=O) groups is 1. The SMILES string of the molecule is O=C(CNCC1CC1)NCCN1CCCCCC1. The summed E-state index contributed by atoms with van der Waals surface area (Å²) in [6, 6.07) is 0. The van der Waals surface area contributed by atoms with E-state index in [0.29, 0.717) is 6.54 Å². The number of amides is 1. The Morgan fingerprint density at radius 3 is 2.50 bits per heavy atom. The van der Waals surface area contributed by atoms with E-state index < -0.39 is 0 Å². The van der Waals surface area contributed by atoms with E-state index in [9.17, 15) is 4.79 Å². The van der Waals surface area contributed by atoms with E-state index in [0.717, 1.165) is 25.6 Å². The van der Waals surface area contributed by atoms with Crippen LogP contribution in [0.4, 0.5) is 0 Å². The first kappa shape index (κ1) is 13.8. The molecule has 0 aromatic carbocycles. The highest BCUT2D eigenvalue weighted by Gasteiger charge is 2.20. The highest BCUT2D eigenvalue weighted by atomic mass is 16.1. The molecule has 1 saturated carbocycles. The molecule has 1 heterocycles. The van der Waals surface area contributed by atoms with Gasteiger partial charge in [-0.25, -0.2) is 0 Å². The molecule has 2 aliphatic rings. The molecule has 1 aliphatic carbocycles. The smallest absolute Gasteiger partial charge is 0.234 e. The van der Waals surface area contributed by atoms with Gasteiger partial charge in [0.25, 0.3) is 0 Å². The average molecular weight is 253 g/mol. The van der Waals surface area contributed by atoms with Crippen LogP contribution in [0.3, 0.4) is 0 Å². The predicted molar refractivity (Wildman–Crippen MR) is 73.5 cm³/mol. The second-order valence-corrected chi connectivity index (χ2v) is 5.68. The van der Waals surface area contributed by atoms with Gasteiger partial charge in [0.2, 0.25) is 5.91 Å². The van der Waals surface area contributed by atoms with Gasteiger partial charge < -0.3 is 15.5 Å². The third-order valence-corrected chi connectivity index (χ3v) is 3.86. The molecule has 0 bridgehead atoms. The van der Waals surface area contributed by atoms with Crippen molar-refractivity contribution < 1.29 is 4.79 Å². The molecule has 2 rings (SSSR count). The molecule has 1 amide bonds. The van der Waals surface area contributed by atoms with Crippen LogP contribution in [0.5, 0.6) is 0 Å². The normalized spacial score (nSPS) is 21.6. The van der Waals surface area contributed by atoms with Crippen molar-refractivity contribution in [1.82, 2.24) is 15.5 Å². The molecule has 0 radical (unpaired) electrons. The van der Waals surface area contributed by atoms with Crippen molar-refractivity contribution in [3.63, 3.8) is 0 Å². The van der Waals surface area contributed by atoms with Crippen LogP contribution in [0, 0.1) is 5.92 Å². The van der Waals surface area contributed by atoms with E-state index in [1.165, 1.54) is 51.6 Å². The molecule has 4 heteroatoms. The molecule has 104 valence electrons. The van der Waals surface area contributed by atoms with Crippen LogP contribution in [0.1, 0.15) is 38.5 Å². The summed E-state index contributed by atoms with van der Waals surface area (Å²) in [4.78, 5) is 14.0. The van der Waals surface area contributed by atoms with Crippen molar-refractivity contribution in [1.29, 1.82) is 0 Å². The van der Waals surface area contributed by atoms with E-state index in [1.807, 2.05) is 0 Å². The van der Waals surface area contributed by atoms with Crippen LogP contribution in [0.15, 0.2) is 0 Å². The maximum Gasteiger partial charge on any atom is 0.234 e. The van der Waals surface area contributed by atoms with Crippen LogP contribution in [0.25, 0.3) is 0 Å². The molecule has 0 atom stereocenters. The number of hydrogen-bond acceptors (Lipinski definition) is 3. The summed E-state index contributed by atoms with van der Waals surface area (Å²) in [6.45, 7) is 5.71. The number of carbonyl (C=O) groups excluding carboxylic acids is 1. The first-order valence-electron chi connectivity index (χ1n) is 7.54. The lowest BCUT2D eigenvalue weighted by Gasteiger charge is -2.19. The van der Waals surface area contributed by atoms with Crippen LogP contribution in [-0.4, -0.2) is 50.1 Å². The third kappa shape index (κ3) is 5.83. The standard InChI is InChI=1S/C14H27N3O/c18-14(12-15-11-13-5-6-13)16-7-10-17-8-3-1-2-4-9-17/h13,15H,1-12H2,(H,16,18). The Morgan fingerprint density at radius 2 is 1.83 bits per heavy atom. The summed E-state index contributed by atoms with van der Waals surface area (Å²) in [5.41, 5.74) is 0. The maximum atomic E-state index is 11.6. The zero-order valence-corrected chi connectivity index (χ0v) is 11.4. The van der Waals surface area contributed by atoms with Gasteiger partial charge in [-0.05, 0) is 51.2 Å². The van der Waals surface area contributed by atoms with Crippen molar-refractivity contribution in [2.24, 2.45) is 5.92 Å². The number of nitrogens with zero attached hydrogens (tertiary/aromatic N) is 1. The largest absolute Gasteiger partial charge is 0.354 e. The average Bonchev–Trinajstić information content (AvgIpc) is 3.16. The topological polar surface area (TPSA) is 44.4 Å². The molecule has 4 nitrogen and oxygen atoms in total. The fourth-order valence-electron chi connectivity index (χ4n) is 2.49. The van der Waals surface area contributed by atoms with E-state index >= 15 is 0 Å². The van der Waals surface area contributed by atoms with Crippen molar-refractivity contribution >= 4 is 5.91 Å². The first-order chi connectivity index (χ1) is 8.84. The van der Waals surface area contributed by atoms with E-state index in [1.54, 1.807) is 0 Å². The Kier molecular flexibility index (Phi) is 5.94. The molecule has 1 saturated heterocycles. The van der Waals surface area contributed by atoms with Gasteiger partial charge in [-0.15, -0.1) is 0 Å². The number of likely N-dealkylation sites (tertiary alicyclic amines) is 1. The van der Waals surface area contributed by atoms with E-state index in [4.69, 9.17) is 0 Å². The molecule has 0 aromatic rings. The highest BCUT2D eigenvalue weighted by molar-refractivity contribution is 5.77. The van der Waals surface area contributed by atoms with Gasteiger partial charge in [0.1, 0.15) is 0 Å². The van der Waals surface area contributed by atoms with Gasteiger partial charge in [-0.3, -0.25) is 4.79 Å². The molecule has 2 fully saturated rings. The minimum Gasteiger partial charge on any atom is -0.354 e. The zero-order chi connectivity index (χ0) is 12.6. The summed E-state index contributed by atoms with van der Waals surface area (Å²) >= 11 is 0. The van der Waals surface area contributed by atoms with Crippen molar-refractivity contribution in [3.05, 3.63) is 0 Å². The number of nitrogens with one attached hydrogen (secondary N) is 2. The summed E-state index contributed by atoms with van der Waals surface area (Å²) in [6.07, 6.45) is 8.04. The van der Waals surface area contributed by atoms with Gasteiger partial charge in [-0.2, -0.15) is 0 Å². The lowest BCUT2D eigenvalue weighted by molar-refractivity contribution is -0.120. The predicted octanol–water partition coefficient (Wildman–Crippen LogP) is 0.978. The Bertz CT molecular complexity index is 245. The second kappa shape index (κ2) is 7.74. The van der Waals surface area contributed by atoms with Gasteiger partial charge in [0.15, 0.2) is 0 Å². The molecule has 18 heavy (non-hydrogen) atoms. The summed E-state index contributed by atoms with van der Waals surface area (Å²) in [5, 5.41) is 6.22. The quantitative estimate of drug-likeness (QED) is 0.711. The van der Waals surface area contributed by atoms with E-state index in [-0.39, 0.29) is 5.91 Å².